The van der Waals surface area contributed by atoms with E-state index in [1.807, 2.05) is 0 Å². The Labute approximate surface area is 155 Å². The van der Waals surface area contributed by atoms with E-state index in [1.165, 1.54) is 11.1 Å². The highest BCUT2D eigenvalue weighted by Crippen LogP contribution is 2.39. The second kappa shape index (κ2) is 7.04. The Morgan fingerprint density at radius 2 is 1.92 bits per heavy atom. The predicted octanol–water partition coefficient (Wildman–Crippen LogP) is 5.15. The second-order valence-electron chi connectivity index (χ2n) is 7.31. The molecule has 0 saturated heterocycles. The standard InChI is InChI=1S/C21H26N2OS/c1-5-15-7-9-16(10-8-15)22-20(25)23-18-13-21(3,4)24-19-12-14(2)6-11-17(18)19/h6-12,18H,5,13H2,1-4H3,(H2,22,23,25)/t18-/m0/s1. The molecule has 3 rings (SSSR count). The van der Waals surface area contributed by atoms with Gasteiger partial charge < -0.3 is 15.4 Å². The fourth-order valence-corrected chi connectivity index (χ4v) is 3.50. The Morgan fingerprint density at radius 1 is 1.20 bits per heavy atom. The Morgan fingerprint density at radius 3 is 2.60 bits per heavy atom. The van der Waals surface area contributed by atoms with Crippen molar-refractivity contribution in [3.8, 4) is 5.75 Å². The van der Waals surface area contributed by atoms with Crippen LogP contribution in [-0.4, -0.2) is 10.7 Å². The first-order chi connectivity index (χ1) is 11.9. The number of hydrogen-bond acceptors (Lipinski definition) is 2. The highest BCUT2D eigenvalue weighted by molar-refractivity contribution is 7.80. The van der Waals surface area contributed by atoms with E-state index in [2.05, 4.69) is 80.8 Å². The zero-order chi connectivity index (χ0) is 18.0. The number of rotatable bonds is 3. The van der Waals surface area contributed by atoms with E-state index in [9.17, 15) is 0 Å². The van der Waals surface area contributed by atoms with Gasteiger partial charge in [0.15, 0.2) is 5.11 Å². The lowest BCUT2D eigenvalue weighted by Crippen LogP contribution is -2.42. The molecular formula is C21H26N2OS. The number of ether oxygens (including phenoxy) is 1. The molecule has 0 unspecified atom stereocenters. The molecule has 1 aliphatic heterocycles. The van der Waals surface area contributed by atoms with Crippen LogP contribution in [0.5, 0.6) is 5.75 Å². The molecule has 1 heterocycles. The van der Waals surface area contributed by atoms with E-state index in [1.54, 1.807) is 0 Å². The van der Waals surface area contributed by atoms with Gasteiger partial charge in [-0.05, 0) is 68.7 Å². The van der Waals surface area contributed by atoms with E-state index < -0.39 is 0 Å². The van der Waals surface area contributed by atoms with E-state index in [4.69, 9.17) is 17.0 Å². The average molecular weight is 355 g/mol. The van der Waals surface area contributed by atoms with Gasteiger partial charge in [-0.1, -0.05) is 31.2 Å². The summed E-state index contributed by atoms with van der Waals surface area (Å²) in [6.45, 7) is 8.47. The summed E-state index contributed by atoms with van der Waals surface area (Å²) in [5.41, 5.74) is 4.46. The van der Waals surface area contributed by atoms with Crippen molar-refractivity contribution in [1.29, 1.82) is 0 Å². The van der Waals surface area contributed by atoms with Crippen molar-refractivity contribution in [3.63, 3.8) is 0 Å². The van der Waals surface area contributed by atoms with Crippen LogP contribution in [0.25, 0.3) is 0 Å². The number of fused-ring (bicyclic) bond motifs is 1. The molecule has 25 heavy (non-hydrogen) atoms. The summed E-state index contributed by atoms with van der Waals surface area (Å²) in [6.07, 6.45) is 1.90. The van der Waals surface area contributed by atoms with Crippen LogP contribution in [0.2, 0.25) is 0 Å². The maximum absolute atomic E-state index is 6.15. The summed E-state index contributed by atoms with van der Waals surface area (Å²) in [7, 11) is 0. The first-order valence-electron chi connectivity index (χ1n) is 8.82. The maximum Gasteiger partial charge on any atom is 0.171 e. The van der Waals surface area contributed by atoms with Gasteiger partial charge in [0, 0.05) is 17.7 Å². The van der Waals surface area contributed by atoms with Crippen LogP contribution >= 0.6 is 12.2 Å². The molecule has 1 aliphatic rings. The van der Waals surface area contributed by atoms with Crippen molar-refractivity contribution < 1.29 is 4.74 Å². The molecule has 0 saturated carbocycles. The predicted molar refractivity (Wildman–Crippen MR) is 108 cm³/mol. The molecule has 132 valence electrons. The second-order valence-corrected chi connectivity index (χ2v) is 7.72. The largest absolute Gasteiger partial charge is 0.487 e. The first-order valence-corrected chi connectivity index (χ1v) is 9.23. The number of hydrogen-bond donors (Lipinski definition) is 2. The lowest BCUT2D eigenvalue weighted by Gasteiger charge is -2.38. The summed E-state index contributed by atoms with van der Waals surface area (Å²) in [5, 5.41) is 7.39. The van der Waals surface area contributed by atoms with Gasteiger partial charge in [-0.15, -0.1) is 0 Å². The molecule has 0 fully saturated rings. The van der Waals surface area contributed by atoms with E-state index >= 15 is 0 Å². The number of nitrogens with one attached hydrogen (secondary N) is 2. The number of anilines is 1. The fraction of sp³-hybridized carbons (Fsp3) is 0.381. The van der Waals surface area contributed by atoms with Crippen LogP contribution in [0, 0.1) is 6.92 Å². The molecular weight excluding hydrogens is 328 g/mol. The minimum absolute atomic E-state index is 0.134. The molecule has 3 nitrogen and oxygen atoms in total. The summed E-state index contributed by atoms with van der Waals surface area (Å²) in [4.78, 5) is 0. The van der Waals surface area contributed by atoms with Crippen LogP contribution < -0.4 is 15.4 Å². The summed E-state index contributed by atoms with van der Waals surface area (Å²) >= 11 is 5.54. The molecule has 4 heteroatoms. The maximum atomic E-state index is 6.15. The molecule has 2 N–H and O–H groups in total. The number of aryl methyl sites for hydroxylation is 2. The molecule has 1 atom stereocenters. The molecule has 2 aromatic carbocycles. The minimum Gasteiger partial charge on any atom is -0.487 e. The molecule has 0 amide bonds. The lowest BCUT2D eigenvalue weighted by atomic mass is 9.89. The van der Waals surface area contributed by atoms with Gasteiger partial charge in [0.05, 0.1) is 6.04 Å². The van der Waals surface area contributed by atoms with Crippen molar-refractivity contribution in [2.75, 3.05) is 5.32 Å². The third kappa shape index (κ3) is 4.31. The van der Waals surface area contributed by atoms with Crippen LogP contribution in [0.3, 0.4) is 0 Å². The lowest BCUT2D eigenvalue weighted by molar-refractivity contribution is 0.0696. The van der Waals surface area contributed by atoms with Crippen molar-refractivity contribution in [1.82, 2.24) is 5.32 Å². The van der Waals surface area contributed by atoms with Crippen molar-refractivity contribution >= 4 is 23.0 Å². The van der Waals surface area contributed by atoms with Crippen LogP contribution in [0.4, 0.5) is 5.69 Å². The molecule has 0 radical (unpaired) electrons. The van der Waals surface area contributed by atoms with Crippen molar-refractivity contribution in [2.45, 2.75) is 52.2 Å². The van der Waals surface area contributed by atoms with E-state index in [0.29, 0.717) is 5.11 Å². The molecule has 0 aliphatic carbocycles. The number of thiocarbonyl (C=S) groups is 1. The summed E-state index contributed by atoms with van der Waals surface area (Å²) in [6, 6.07) is 14.9. The third-order valence-electron chi connectivity index (χ3n) is 4.55. The van der Waals surface area contributed by atoms with Crippen LogP contribution in [-0.2, 0) is 6.42 Å². The van der Waals surface area contributed by atoms with Gasteiger partial charge in [0.25, 0.3) is 0 Å². The zero-order valence-corrected chi connectivity index (χ0v) is 16.2. The van der Waals surface area contributed by atoms with Gasteiger partial charge in [-0.25, -0.2) is 0 Å². The Hall–Kier alpha value is -2.07. The van der Waals surface area contributed by atoms with Crippen molar-refractivity contribution in [2.24, 2.45) is 0 Å². The Bertz CT molecular complexity index is 768. The number of benzene rings is 2. The minimum atomic E-state index is -0.225. The highest BCUT2D eigenvalue weighted by atomic mass is 32.1. The first kappa shape index (κ1) is 17.7. The quantitative estimate of drug-likeness (QED) is 0.747. The Kier molecular flexibility index (Phi) is 5.00. The Balaban J connectivity index is 1.74. The topological polar surface area (TPSA) is 33.3 Å². The molecule has 0 spiro atoms. The van der Waals surface area contributed by atoms with Crippen LogP contribution in [0.15, 0.2) is 42.5 Å². The fourth-order valence-electron chi connectivity index (χ4n) is 3.24. The van der Waals surface area contributed by atoms with E-state index in [-0.39, 0.29) is 11.6 Å². The van der Waals surface area contributed by atoms with Gasteiger partial charge in [-0.2, -0.15) is 0 Å². The van der Waals surface area contributed by atoms with Gasteiger partial charge >= 0.3 is 0 Å². The third-order valence-corrected chi connectivity index (χ3v) is 4.77. The van der Waals surface area contributed by atoms with Gasteiger partial charge in [0.1, 0.15) is 11.4 Å². The monoisotopic (exact) mass is 354 g/mol. The van der Waals surface area contributed by atoms with Crippen molar-refractivity contribution in [3.05, 3.63) is 59.2 Å². The average Bonchev–Trinajstić information content (AvgIpc) is 2.54. The van der Waals surface area contributed by atoms with Gasteiger partial charge in [-0.3, -0.25) is 0 Å². The zero-order valence-electron chi connectivity index (χ0n) is 15.3. The highest BCUT2D eigenvalue weighted by Gasteiger charge is 2.34. The SMILES string of the molecule is CCc1ccc(NC(=S)N[C@H]2CC(C)(C)Oc3cc(C)ccc32)cc1. The smallest absolute Gasteiger partial charge is 0.171 e. The molecule has 2 aromatic rings. The van der Waals surface area contributed by atoms with E-state index in [0.717, 1.165) is 29.8 Å². The van der Waals surface area contributed by atoms with Crippen LogP contribution in [0.1, 0.15) is 49.9 Å². The summed E-state index contributed by atoms with van der Waals surface area (Å²) < 4.78 is 6.15. The molecule has 0 aromatic heterocycles. The normalized spacial score (nSPS) is 18.0. The summed E-state index contributed by atoms with van der Waals surface area (Å²) in [5.74, 6) is 0.948. The van der Waals surface area contributed by atoms with Gasteiger partial charge in [0.2, 0.25) is 0 Å². The molecule has 0 bridgehead atoms.